The number of aryl methyl sites for hydroxylation is 3. The van der Waals surface area contributed by atoms with Gasteiger partial charge in [-0.15, -0.1) is 10.2 Å². The molecule has 5 nitrogen and oxygen atoms in total. The number of hydrogen-bond acceptors (Lipinski definition) is 5. The molecular weight excluding hydrogens is 266 g/mol. The van der Waals surface area contributed by atoms with Crippen LogP contribution >= 0.6 is 0 Å². The molecule has 1 aliphatic rings. The Morgan fingerprint density at radius 3 is 2.48 bits per heavy atom. The highest BCUT2D eigenvalue weighted by Crippen LogP contribution is 2.26. The highest BCUT2D eigenvalue weighted by atomic mass is 16.5. The molecule has 1 heterocycles. The summed E-state index contributed by atoms with van der Waals surface area (Å²) in [5, 5.41) is 11.3. The van der Waals surface area contributed by atoms with E-state index in [2.05, 4.69) is 41.5 Å². The average Bonchev–Trinajstić information content (AvgIpc) is 3.17. The van der Waals surface area contributed by atoms with E-state index in [1.807, 2.05) is 0 Å². The predicted octanol–water partition coefficient (Wildman–Crippen LogP) is 2.83. The Morgan fingerprint density at radius 1 is 1.19 bits per heavy atom. The maximum Gasteiger partial charge on any atom is 0.253 e. The first-order valence-electron chi connectivity index (χ1n) is 7.37. The fraction of sp³-hybridized carbons (Fsp3) is 0.500. The lowest BCUT2D eigenvalue weighted by molar-refractivity contribution is 0.257. The number of ether oxygens (including phenoxy) is 1. The number of aromatic nitrogens is 2. The van der Waals surface area contributed by atoms with Gasteiger partial charge in [0, 0.05) is 19.5 Å². The Hall–Kier alpha value is -1.88. The van der Waals surface area contributed by atoms with Crippen LogP contribution in [0, 0.1) is 20.8 Å². The lowest BCUT2D eigenvalue weighted by atomic mass is 10.1. The van der Waals surface area contributed by atoms with Crippen molar-refractivity contribution in [2.45, 2.75) is 52.8 Å². The van der Waals surface area contributed by atoms with Gasteiger partial charge in [0.1, 0.15) is 5.75 Å². The van der Waals surface area contributed by atoms with Gasteiger partial charge in [-0.25, -0.2) is 0 Å². The molecule has 0 bridgehead atoms. The molecule has 0 unspecified atom stereocenters. The van der Waals surface area contributed by atoms with Gasteiger partial charge in [0.15, 0.2) is 6.61 Å². The molecule has 0 saturated heterocycles. The Kier molecular flexibility index (Phi) is 3.92. The monoisotopic (exact) mass is 287 g/mol. The number of hydrogen-bond donors (Lipinski definition) is 1. The molecule has 1 saturated carbocycles. The molecule has 2 aromatic rings. The van der Waals surface area contributed by atoms with Crippen LogP contribution in [-0.4, -0.2) is 16.2 Å². The minimum absolute atomic E-state index is 0.308. The fourth-order valence-corrected chi connectivity index (χ4v) is 2.45. The number of benzene rings is 1. The molecule has 1 aromatic carbocycles. The summed E-state index contributed by atoms with van der Waals surface area (Å²) in [5.74, 6) is 1.97. The van der Waals surface area contributed by atoms with Crippen LogP contribution in [0.15, 0.2) is 16.5 Å². The van der Waals surface area contributed by atoms with E-state index in [1.165, 1.54) is 18.4 Å². The minimum Gasteiger partial charge on any atom is -0.483 e. The van der Waals surface area contributed by atoms with Gasteiger partial charge in [-0.2, -0.15) is 0 Å². The van der Waals surface area contributed by atoms with Crippen LogP contribution in [0.25, 0.3) is 0 Å². The van der Waals surface area contributed by atoms with Crippen molar-refractivity contribution in [1.29, 1.82) is 0 Å². The van der Waals surface area contributed by atoms with Crippen LogP contribution in [-0.2, 0) is 13.2 Å². The van der Waals surface area contributed by atoms with Crippen molar-refractivity contribution < 1.29 is 9.15 Å². The van der Waals surface area contributed by atoms with Crippen molar-refractivity contribution in [3.8, 4) is 5.75 Å². The van der Waals surface area contributed by atoms with Crippen molar-refractivity contribution in [2.24, 2.45) is 0 Å². The summed E-state index contributed by atoms with van der Waals surface area (Å²) in [4.78, 5) is 0. The summed E-state index contributed by atoms with van der Waals surface area (Å²) in [6.45, 7) is 7.15. The SMILES string of the molecule is Cc1nnc(COc2c(C)cc(CNC3CC3)cc2C)o1. The molecule has 0 amide bonds. The zero-order valence-electron chi connectivity index (χ0n) is 12.8. The second kappa shape index (κ2) is 5.85. The van der Waals surface area contributed by atoms with Crippen LogP contribution in [0.1, 0.15) is 41.3 Å². The lowest BCUT2D eigenvalue weighted by Crippen LogP contribution is -2.15. The van der Waals surface area contributed by atoms with Crippen LogP contribution in [0.3, 0.4) is 0 Å². The molecule has 1 aliphatic carbocycles. The molecule has 5 heteroatoms. The summed E-state index contributed by atoms with van der Waals surface area (Å²) in [6, 6.07) is 5.08. The number of rotatable bonds is 6. The van der Waals surface area contributed by atoms with E-state index in [0.717, 1.165) is 29.5 Å². The normalized spacial score (nSPS) is 14.4. The third-order valence-electron chi connectivity index (χ3n) is 3.60. The van der Waals surface area contributed by atoms with Crippen molar-refractivity contribution in [3.63, 3.8) is 0 Å². The predicted molar refractivity (Wildman–Crippen MR) is 79.1 cm³/mol. The maximum atomic E-state index is 5.84. The molecule has 1 aromatic heterocycles. The second-order valence-corrected chi connectivity index (χ2v) is 5.72. The van der Waals surface area contributed by atoms with Crippen molar-refractivity contribution in [1.82, 2.24) is 15.5 Å². The smallest absolute Gasteiger partial charge is 0.253 e. The van der Waals surface area contributed by atoms with Gasteiger partial charge in [-0.05, 0) is 43.4 Å². The third kappa shape index (κ3) is 3.61. The zero-order chi connectivity index (χ0) is 14.8. The summed E-state index contributed by atoms with van der Waals surface area (Å²) >= 11 is 0. The van der Waals surface area contributed by atoms with Crippen LogP contribution < -0.4 is 10.1 Å². The van der Waals surface area contributed by atoms with E-state index in [0.29, 0.717) is 18.4 Å². The molecule has 21 heavy (non-hydrogen) atoms. The Labute approximate surface area is 124 Å². The Morgan fingerprint density at radius 2 is 1.90 bits per heavy atom. The molecule has 1 fully saturated rings. The van der Waals surface area contributed by atoms with Gasteiger partial charge in [0.25, 0.3) is 5.89 Å². The maximum absolute atomic E-state index is 5.84. The molecule has 112 valence electrons. The molecule has 0 atom stereocenters. The van der Waals surface area contributed by atoms with E-state index >= 15 is 0 Å². The lowest BCUT2D eigenvalue weighted by Gasteiger charge is -2.13. The fourth-order valence-electron chi connectivity index (χ4n) is 2.45. The van der Waals surface area contributed by atoms with E-state index in [4.69, 9.17) is 9.15 Å². The molecule has 0 spiro atoms. The Bertz CT molecular complexity index is 609. The van der Waals surface area contributed by atoms with E-state index in [-0.39, 0.29) is 0 Å². The number of nitrogens with one attached hydrogen (secondary N) is 1. The van der Waals surface area contributed by atoms with Gasteiger partial charge in [0.2, 0.25) is 5.89 Å². The molecule has 1 N–H and O–H groups in total. The van der Waals surface area contributed by atoms with Gasteiger partial charge >= 0.3 is 0 Å². The zero-order valence-corrected chi connectivity index (χ0v) is 12.8. The van der Waals surface area contributed by atoms with Crippen LogP contribution in [0.5, 0.6) is 5.75 Å². The summed E-state index contributed by atoms with van der Waals surface area (Å²) in [5.41, 5.74) is 3.58. The van der Waals surface area contributed by atoms with E-state index < -0.39 is 0 Å². The molecule has 0 radical (unpaired) electrons. The van der Waals surface area contributed by atoms with E-state index in [9.17, 15) is 0 Å². The largest absolute Gasteiger partial charge is 0.483 e. The van der Waals surface area contributed by atoms with Gasteiger partial charge in [-0.1, -0.05) is 12.1 Å². The minimum atomic E-state index is 0.308. The van der Waals surface area contributed by atoms with Gasteiger partial charge < -0.3 is 14.5 Å². The van der Waals surface area contributed by atoms with Gasteiger partial charge in [0.05, 0.1) is 0 Å². The van der Waals surface area contributed by atoms with E-state index in [1.54, 1.807) is 6.92 Å². The standard InChI is InChI=1S/C16H21N3O2/c1-10-6-13(8-17-14-4-5-14)7-11(2)16(10)20-9-15-19-18-12(3)21-15/h6-7,14,17H,4-5,8-9H2,1-3H3. The van der Waals surface area contributed by atoms with Crippen molar-refractivity contribution in [3.05, 3.63) is 40.6 Å². The number of nitrogens with zero attached hydrogens (tertiary/aromatic N) is 2. The quantitative estimate of drug-likeness (QED) is 0.885. The average molecular weight is 287 g/mol. The first-order chi connectivity index (χ1) is 10.1. The Balaban J connectivity index is 1.66. The highest BCUT2D eigenvalue weighted by molar-refractivity contribution is 5.43. The second-order valence-electron chi connectivity index (χ2n) is 5.72. The summed E-state index contributed by atoms with van der Waals surface area (Å²) in [6.07, 6.45) is 2.62. The first-order valence-corrected chi connectivity index (χ1v) is 7.37. The first kappa shape index (κ1) is 14.1. The van der Waals surface area contributed by atoms with Crippen molar-refractivity contribution in [2.75, 3.05) is 0 Å². The summed E-state index contributed by atoms with van der Waals surface area (Å²) < 4.78 is 11.2. The van der Waals surface area contributed by atoms with Crippen LogP contribution in [0.4, 0.5) is 0 Å². The molecule has 0 aliphatic heterocycles. The highest BCUT2D eigenvalue weighted by Gasteiger charge is 2.20. The van der Waals surface area contributed by atoms with Crippen molar-refractivity contribution >= 4 is 0 Å². The third-order valence-corrected chi connectivity index (χ3v) is 3.60. The molecular formula is C16H21N3O2. The molecule has 3 rings (SSSR count). The summed E-state index contributed by atoms with van der Waals surface area (Å²) in [7, 11) is 0. The topological polar surface area (TPSA) is 60.2 Å². The van der Waals surface area contributed by atoms with Gasteiger partial charge in [-0.3, -0.25) is 0 Å². The van der Waals surface area contributed by atoms with Crippen LogP contribution in [0.2, 0.25) is 0 Å².